The van der Waals surface area contributed by atoms with Crippen LogP contribution in [-0.4, -0.2) is 38.8 Å². The Morgan fingerprint density at radius 3 is 2.77 bits per heavy atom. The molecule has 2 N–H and O–H groups in total. The maximum Gasteiger partial charge on any atom is 0.319 e. The van der Waals surface area contributed by atoms with Crippen LogP contribution < -0.4 is 10.6 Å². The molecule has 1 aliphatic rings. The second-order valence-corrected chi connectivity index (χ2v) is 8.14. The topological polar surface area (TPSA) is 75.1 Å². The molecule has 0 unspecified atom stereocenters. The summed E-state index contributed by atoms with van der Waals surface area (Å²) in [7, 11) is 2.19. The van der Waals surface area contributed by atoms with Gasteiger partial charge < -0.3 is 10.6 Å². The molecule has 0 atom stereocenters. The third-order valence-electron chi connectivity index (χ3n) is 5.89. The van der Waals surface area contributed by atoms with Crippen LogP contribution in [0, 0.1) is 0 Å². The Morgan fingerprint density at radius 2 is 1.97 bits per heavy atom. The van der Waals surface area contributed by atoms with E-state index in [1.807, 2.05) is 42.6 Å². The SMILES string of the molecule is CN(Cc1ccccc1NC(=O)NCc1ccnc(-n2cccn2)c1)C1CCCCC1. The van der Waals surface area contributed by atoms with Crippen molar-refractivity contribution >= 4 is 11.7 Å². The Balaban J connectivity index is 1.34. The standard InChI is InChI=1S/C24H30N6O/c1-29(21-9-3-2-4-10-21)18-20-8-5-6-11-22(20)28-24(31)26-17-19-12-14-25-23(16-19)30-15-7-13-27-30/h5-8,11-16,21H,2-4,9-10,17-18H2,1H3,(H2,26,28,31). The molecule has 2 heterocycles. The number of amides is 2. The number of hydrogen-bond donors (Lipinski definition) is 2. The minimum absolute atomic E-state index is 0.217. The van der Waals surface area contributed by atoms with Gasteiger partial charge >= 0.3 is 6.03 Å². The van der Waals surface area contributed by atoms with Crippen molar-refractivity contribution in [3.63, 3.8) is 0 Å². The molecule has 7 nitrogen and oxygen atoms in total. The van der Waals surface area contributed by atoms with E-state index in [2.05, 4.69) is 38.7 Å². The van der Waals surface area contributed by atoms with Gasteiger partial charge in [-0.25, -0.2) is 14.5 Å². The Morgan fingerprint density at radius 1 is 1.13 bits per heavy atom. The summed E-state index contributed by atoms with van der Waals surface area (Å²) in [6, 6.07) is 14.1. The number of urea groups is 1. The van der Waals surface area contributed by atoms with Gasteiger partial charge in [0.1, 0.15) is 0 Å². The average Bonchev–Trinajstić information content (AvgIpc) is 3.35. The van der Waals surface area contributed by atoms with E-state index < -0.39 is 0 Å². The summed E-state index contributed by atoms with van der Waals surface area (Å²) in [6.07, 6.45) is 11.8. The van der Waals surface area contributed by atoms with Crippen LogP contribution in [0.3, 0.4) is 0 Å². The highest BCUT2D eigenvalue weighted by Crippen LogP contribution is 2.24. The van der Waals surface area contributed by atoms with Gasteiger partial charge in [0, 0.05) is 43.4 Å². The van der Waals surface area contributed by atoms with E-state index in [0.29, 0.717) is 12.6 Å². The number of nitrogens with one attached hydrogen (secondary N) is 2. The summed E-state index contributed by atoms with van der Waals surface area (Å²) in [5.74, 6) is 0.723. The minimum Gasteiger partial charge on any atom is -0.334 e. The molecule has 0 aliphatic heterocycles. The Kier molecular flexibility index (Phi) is 6.94. The van der Waals surface area contributed by atoms with Gasteiger partial charge in [0.25, 0.3) is 0 Å². The Labute approximate surface area is 183 Å². The lowest BCUT2D eigenvalue weighted by molar-refractivity contribution is 0.185. The van der Waals surface area contributed by atoms with Crippen LogP contribution in [0.5, 0.6) is 0 Å². The van der Waals surface area contributed by atoms with E-state index in [-0.39, 0.29) is 6.03 Å². The zero-order chi connectivity index (χ0) is 21.5. The van der Waals surface area contributed by atoms with Crippen molar-refractivity contribution in [1.29, 1.82) is 0 Å². The van der Waals surface area contributed by atoms with Crippen molar-refractivity contribution < 1.29 is 4.79 Å². The first-order valence-corrected chi connectivity index (χ1v) is 11.0. The van der Waals surface area contributed by atoms with Gasteiger partial charge in [-0.1, -0.05) is 37.5 Å². The fourth-order valence-corrected chi connectivity index (χ4v) is 4.15. The number of para-hydroxylation sites is 1. The maximum absolute atomic E-state index is 12.6. The molecule has 7 heteroatoms. The van der Waals surface area contributed by atoms with Crippen LogP contribution in [0.25, 0.3) is 5.82 Å². The second kappa shape index (κ2) is 10.2. The van der Waals surface area contributed by atoms with Crippen LogP contribution in [0.4, 0.5) is 10.5 Å². The molecule has 2 aromatic heterocycles. The van der Waals surface area contributed by atoms with E-state index in [1.54, 1.807) is 17.1 Å². The molecule has 0 bridgehead atoms. The lowest BCUT2D eigenvalue weighted by atomic mass is 9.94. The molecule has 4 rings (SSSR count). The first-order valence-electron chi connectivity index (χ1n) is 11.0. The van der Waals surface area contributed by atoms with E-state index in [4.69, 9.17) is 0 Å². The van der Waals surface area contributed by atoms with Gasteiger partial charge in [-0.05, 0) is 55.3 Å². The molecule has 0 spiro atoms. The number of carbonyl (C=O) groups excluding carboxylic acids is 1. The van der Waals surface area contributed by atoms with Gasteiger partial charge in [-0.15, -0.1) is 0 Å². The van der Waals surface area contributed by atoms with Gasteiger partial charge in [0.15, 0.2) is 5.82 Å². The quantitative estimate of drug-likeness (QED) is 0.598. The number of aromatic nitrogens is 3. The Hall–Kier alpha value is -3.19. The highest BCUT2D eigenvalue weighted by Gasteiger charge is 2.19. The normalized spacial score (nSPS) is 14.5. The van der Waals surface area contributed by atoms with E-state index >= 15 is 0 Å². The van der Waals surface area contributed by atoms with Crippen molar-refractivity contribution in [3.8, 4) is 5.82 Å². The average molecular weight is 419 g/mol. The smallest absolute Gasteiger partial charge is 0.319 e. The van der Waals surface area contributed by atoms with E-state index in [0.717, 1.165) is 29.2 Å². The predicted molar refractivity (Wildman–Crippen MR) is 122 cm³/mol. The summed E-state index contributed by atoms with van der Waals surface area (Å²) in [5.41, 5.74) is 2.95. The number of carbonyl (C=O) groups is 1. The summed E-state index contributed by atoms with van der Waals surface area (Å²) in [6.45, 7) is 1.24. The third-order valence-corrected chi connectivity index (χ3v) is 5.89. The molecule has 0 saturated heterocycles. The first kappa shape index (κ1) is 21.1. The fourth-order valence-electron chi connectivity index (χ4n) is 4.15. The number of benzene rings is 1. The molecule has 1 saturated carbocycles. The van der Waals surface area contributed by atoms with Crippen molar-refractivity contribution in [2.24, 2.45) is 0 Å². The molecule has 3 aromatic rings. The lowest BCUT2D eigenvalue weighted by Gasteiger charge is -2.31. The summed E-state index contributed by atoms with van der Waals surface area (Å²) < 4.78 is 1.70. The van der Waals surface area contributed by atoms with Crippen LogP contribution in [0.15, 0.2) is 61.1 Å². The van der Waals surface area contributed by atoms with Crippen LogP contribution in [0.1, 0.15) is 43.2 Å². The highest BCUT2D eigenvalue weighted by molar-refractivity contribution is 5.90. The van der Waals surface area contributed by atoms with E-state index in [1.165, 1.54) is 32.1 Å². The maximum atomic E-state index is 12.6. The van der Waals surface area contributed by atoms with E-state index in [9.17, 15) is 4.79 Å². The molecule has 1 aliphatic carbocycles. The predicted octanol–water partition coefficient (Wildman–Crippen LogP) is 4.35. The number of rotatable bonds is 7. The summed E-state index contributed by atoms with van der Waals surface area (Å²) in [4.78, 5) is 19.3. The fraction of sp³-hybridized carbons (Fsp3) is 0.375. The van der Waals surface area contributed by atoms with Gasteiger partial charge in [-0.3, -0.25) is 4.90 Å². The zero-order valence-corrected chi connectivity index (χ0v) is 18.0. The third kappa shape index (κ3) is 5.70. The molecule has 31 heavy (non-hydrogen) atoms. The number of hydrogen-bond acceptors (Lipinski definition) is 4. The molecular weight excluding hydrogens is 388 g/mol. The number of anilines is 1. The minimum atomic E-state index is -0.217. The molecule has 0 radical (unpaired) electrons. The van der Waals surface area contributed by atoms with Gasteiger partial charge in [0.05, 0.1) is 0 Å². The highest BCUT2D eigenvalue weighted by atomic mass is 16.2. The second-order valence-electron chi connectivity index (χ2n) is 8.14. The van der Waals surface area contributed by atoms with Crippen LogP contribution in [0.2, 0.25) is 0 Å². The Bertz CT molecular complexity index is 981. The first-order chi connectivity index (χ1) is 15.2. The molecule has 1 aromatic carbocycles. The van der Waals surface area contributed by atoms with Crippen molar-refractivity contribution in [3.05, 3.63) is 72.2 Å². The summed E-state index contributed by atoms with van der Waals surface area (Å²) in [5, 5.41) is 10.2. The van der Waals surface area contributed by atoms with Gasteiger partial charge in [0.2, 0.25) is 0 Å². The molecule has 162 valence electrons. The van der Waals surface area contributed by atoms with Crippen molar-refractivity contribution in [2.45, 2.75) is 51.2 Å². The molecular formula is C24H30N6O. The monoisotopic (exact) mass is 418 g/mol. The number of pyridine rings is 1. The van der Waals surface area contributed by atoms with Crippen LogP contribution >= 0.6 is 0 Å². The molecule has 1 fully saturated rings. The van der Waals surface area contributed by atoms with Crippen molar-refractivity contribution in [1.82, 2.24) is 25.0 Å². The lowest BCUT2D eigenvalue weighted by Crippen LogP contribution is -2.33. The van der Waals surface area contributed by atoms with Crippen LogP contribution in [-0.2, 0) is 13.1 Å². The van der Waals surface area contributed by atoms with Gasteiger partial charge in [-0.2, -0.15) is 5.10 Å². The zero-order valence-electron chi connectivity index (χ0n) is 18.0. The molecule has 2 amide bonds. The summed E-state index contributed by atoms with van der Waals surface area (Å²) >= 11 is 0. The number of nitrogens with zero attached hydrogens (tertiary/aromatic N) is 4. The van der Waals surface area contributed by atoms with Crippen molar-refractivity contribution in [2.75, 3.05) is 12.4 Å². The largest absolute Gasteiger partial charge is 0.334 e.